The number of rotatable bonds is 5. The molecule has 1 amide bonds. The largest absolute Gasteiger partial charge is 0.496 e. The quantitative estimate of drug-likeness (QED) is 0.584. The minimum atomic E-state index is -0.558. The van der Waals surface area contributed by atoms with Gasteiger partial charge in [-0.25, -0.2) is 14.8 Å². The Balaban J connectivity index is 1.83. The van der Waals surface area contributed by atoms with Gasteiger partial charge in [0.25, 0.3) is 0 Å². The molecule has 9 nitrogen and oxygen atoms in total. The Morgan fingerprint density at radius 2 is 1.89 bits per heavy atom. The molecule has 10 heteroatoms. The molecule has 1 aliphatic heterocycles. The molecule has 1 aliphatic rings. The van der Waals surface area contributed by atoms with E-state index in [1.807, 2.05) is 0 Å². The van der Waals surface area contributed by atoms with E-state index >= 15 is 0 Å². The maximum atomic E-state index is 12.2. The molecule has 2 N–H and O–H groups in total. The third kappa shape index (κ3) is 4.20. The number of ether oxygens (including phenoxy) is 3. The van der Waals surface area contributed by atoms with Gasteiger partial charge in [0.05, 0.1) is 25.3 Å². The van der Waals surface area contributed by atoms with Crippen molar-refractivity contribution < 1.29 is 23.8 Å². The van der Waals surface area contributed by atoms with Crippen molar-refractivity contribution in [3.63, 3.8) is 0 Å². The number of fused-ring (bicyclic) bond motifs is 1. The lowest BCUT2D eigenvalue weighted by Crippen LogP contribution is -2.37. The standard InChI is InChI=1S/C17H19ClN4O5/c1-25-13-8-12-11(7-10(13)17(24)26-2)19-14(18)15(20-12)21-22-16(23)9-3-5-27-6-4-9/h7-9H,3-6H2,1-2H3,(H,20,21)(H,22,23). The van der Waals surface area contributed by atoms with Crippen LogP contribution in [0.1, 0.15) is 23.2 Å². The van der Waals surface area contributed by atoms with Gasteiger partial charge in [0.2, 0.25) is 5.91 Å². The van der Waals surface area contributed by atoms with Crippen LogP contribution in [0.5, 0.6) is 5.75 Å². The lowest BCUT2D eigenvalue weighted by Gasteiger charge is -2.21. The molecule has 3 rings (SSSR count). The average molecular weight is 395 g/mol. The molecule has 0 radical (unpaired) electrons. The average Bonchev–Trinajstić information content (AvgIpc) is 2.71. The number of nitrogens with one attached hydrogen (secondary N) is 2. The first-order valence-corrected chi connectivity index (χ1v) is 8.68. The van der Waals surface area contributed by atoms with Crippen LogP contribution in [0.15, 0.2) is 12.1 Å². The van der Waals surface area contributed by atoms with Gasteiger partial charge in [-0.05, 0) is 18.9 Å². The van der Waals surface area contributed by atoms with Crippen molar-refractivity contribution in [3.8, 4) is 5.75 Å². The highest BCUT2D eigenvalue weighted by Gasteiger charge is 2.22. The van der Waals surface area contributed by atoms with Crippen LogP contribution in [-0.2, 0) is 14.3 Å². The Morgan fingerprint density at radius 3 is 2.56 bits per heavy atom. The molecule has 1 aromatic carbocycles. The van der Waals surface area contributed by atoms with E-state index < -0.39 is 5.97 Å². The Kier molecular flexibility index (Phi) is 5.92. The van der Waals surface area contributed by atoms with Crippen molar-refractivity contribution in [2.45, 2.75) is 12.8 Å². The van der Waals surface area contributed by atoms with E-state index in [-0.39, 0.29) is 28.4 Å². The van der Waals surface area contributed by atoms with Gasteiger partial charge in [-0.15, -0.1) is 0 Å². The highest BCUT2D eigenvalue weighted by Crippen LogP contribution is 2.28. The summed E-state index contributed by atoms with van der Waals surface area (Å²) < 4.78 is 15.2. The van der Waals surface area contributed by atoms with E-state index in [1.54, 1.807) is 6.07 Å². The first-order chi connectivity index (χ1) is 13.0. The molecule has 0 atom stereocenters. The van der Waals surface area contributed by atoms with Crippen molar-refractivity contribution in [1.29, 1.82) is 0 Å². The van der Waals surface area contributed by atoms with Crippen molar-refractivity contribution in [3.05, 3.63) is 22.8 Å². The van der Waals surface area contributed by atoms with Crippen LogP contribution >= 0.6 is 11.6 Å². The highest BCUT2D eigenvalue weighted by atomic mass is 35.5. The number of hydrogen-bond donors (Lipinski definition) is 2. The molecule has 1 aromatic heterocycles. The van der Waals surface area contributed by atoms with E-state index in [1.165, 1.54) is 20.3 Å². The van der Waals surface area contributed by atoms with Crippen LogP contribution < -0.4 is 15.6 Å². The summed E-state index contributed by atoms with van der Waals surface area (Å²) >= 11 is 6.16. The Hall–Kier alpha value is -2.65. The normalized spacial score (nSPS) is 14.6. The number of amides is 1. The molecule has 0 spiro atoms. The third-order valence-corrected chi connectivity index (χ3v) is 4.51. The Bertz CT molecular complexity index is 870. The Morgan fingerprint density at radius 1 is 1.19 bits per heavy atom. The van der Waals surface area contributed by atoms with Crippen LogP contribution in [-0.4, -0.2) is 49.3 Å². The van der Waals surface area contributed by atoms with E-state index in [0.29, 0.717) is 42.8 Å². The van der Waals surface area contributed by atoms with E-state index in [9.17, 15) is 9.59 Å². The summed E-state index contributed by atoms with van der Waals surface area (Å²) in [5.41, 5.74) is 6.36. The number of halogens is 1. The zero-order chi connectivity index (χ0) is 19.4. The zero-order valence-corrected chi connectivity index (χ0v) is 15.6. The van der Waals surface area contributed by atoms with E-state index in [4.69, 9.17) is 25.8 Å². The number of esters is 1. The minimum absolute atomic E-state index is 0.0516. The summed E-state index contributed by atoms with van der Waals surface area (Å²) in [5.74, 6) is -0.353. The van der Waals surface area contributed by atoms with Gasteiger partial charge in [-0.1, -0.05) is 11.6 Å². The number of anilines is 1. The molecule has 0 bridgehead atoms. The second-order valence-corrected chi connectivity index (χ2v) is 6.25. The first kappa shape index (κ1) is 19.1. The van der Waals surface area contributed by atoms with Gasteiger partial charge in [-0.2, -0.15) is 0 Å². The SMILES string of the molecule is COC(=O)c1cc2nc(Cl)c(NNC(=O)C3CCOCC3)nc2cc1OC. The predicted octanol–water partition coefficient (Wildman–Crippen LogP) is 1.95. The fourth-order valence-electron chi connectivity index (χ4n) is 2.76. The lowest BCUT2D eigenvalue weighted by molar-refractivity contribution is -0.127. The zero-order valence-electron chi connectivity index (χ0n) is 14.9. The maximum absolute atomic E-state index is 12.2. The molecule has 2 heterocycles. The number of methoxy groups -OCH3 is 2. The fourth-order valence-corrected chi connectivity index (χ4v) is 2.94. The highest BCUT2D eigenvalue weighted by molar-refractivity contribution is 6.32. The summed E-state index contributed by atoms with van der Waals surface area (Å²) in [7, 11) is 2.71. The maximum Gasteiger partial charge on any atom is 0.341 e. The van der Waals surface area contributed by atoms with Crippen molar-refractivity contribution in [2.75, 3.05) is 32.9 Å². The van der Waals surface area contributed by atoms with Gasteiger partial charge < -0.3 is 14.2 Å². The number of carbonyl (C=O) groups excluding carboxylic acids is 2. The molecular formula is C17H19ClN4O5. The minimum Gasteiger partial charge on any atom is -0.496 e. The summed E-state index contributed by atoms with van der Waals surface area (Å²) in [6, 6.07) is 3.04. The molecule has 0 aliphatic carbocycles. The lowest BCUT2D eigenvalue weighted by atomic mass is 10.00. The van der Waals surface area contributed by atoms with Crippen molar-refractivity contribution in [2.24, 2.45) is 5.92 Å². The second-order valence-electron chi connectivity index (χ2n) is 5.90. The molecule has 27 heavy (non-hydrogen) atoms. The third-order valence-electron chi connectivity index (χ3n) is 4.24. The van der Waals surface area contributed by atoms with Gasteiger partial charge in [0, 0.05) is 25.2 Å². The summed E-state index contributed by atoms with van der Waals surface area (Å²) in [5, 5.41) is 0.0516. The van der Waals surface area contributed by atoms with Crippen LogP contribution in [0.4, 0.5) is 5.82 Å². The topological polar surface area (TPSA) is 112 Å². The summed E-state index contributed by atoms with van der Waals surface area (Å²) in [4.78, 5) is 32.6. The number of nitrogens with zero attached hydrogens (tertiary/aromatic N) is 2. The Labute approximate surface area is 160 Å². The number of hydrazine groups is 1. The van der Waals surface area contributed by atoms with E-state index in [0.717, 1.165) is 0 Å². The number of hydrogen-bond acceptors (Lipinski definition) is 8. The van der Waals surface area contributed by atoms with Crippen LogP contribution in [0.25, 0.3) is 11.0 Å². The van der Waals surface area contributed by atoms with Crippen LogP contribution in [0, 0.1) is 5.92 Å². The van der Waals surface area contributed by atoms with E-state index in [2.05, 4.69) is 20.8 Å². The van der Waals surface area contributed by atoms with Gasteiger partial charge >= 0.3 is 5.97 Å². The van der Waals surface area contributed by atoms with Crippen molar-refractivity contribution in [1.82, 2.24) is 15.4 Å². The summed E-state index contributed by atoms with van der Waals surface area (Å²) in [6.45, 7) is 1.13. The second kappa shape index (κ2) is 8.36. The molecular weight excluding hydrogens is 376 g/mol. The smallest absolute Gasteiger partial charge is 0.341 e. The molecule has 144 valence electrons. The van der Waals surface area contributed by atoms with Gasteiger partial charge in [0.1, 0.15) is 11.3 Å². The van der Waals surface area contributed by atoms with Crippen LogP contribution in [0.3, 0.4) is 0 Å². The van der Waals surface area contributed by atoms with Crippen molar-refractivity contribution >= 4 is 40.3 Å². The van der Waals surface area contributed by atoms with Crippen LogP contribution in [0.2, 0.25) is 5.15 Å². The molecule has 0 unspecified atom stereocenters. The number of carbonyl (C=O) groups is 2. The first-order valence-electron chi connectivity index (χ1n) is 8.30. The molecule has 1 saturated heterocycles. The molecule has 1 fully saturated rings. The number of benzene rings is 1. The molecule has 2 aromatic rings. The van der Waals surface area contributed by atoms with Gasteiger partial charge in [-0.3, -0.25) is 15.6 Å². The number of aromatic nitrogens is 2. The molecule has 0 saturated carbocycles. The summed E-state index contributed by atoms with van der Waals surface area (Å²) in [6.07, 6.45) is 1.33. The monoisotopic (exact) mass is 394 g/mol. The predicted molar refractivity (Wildman–Crippen MR) is 97.7 cm³/mol. The van der Waals surface area contributed by atoms with Gasteiger partial charge in [0.15, 0.2) is 11.0 Å². The fraction of sp³-hybridized carbons (Fsp3) is 0.412.